The minimum atomic E-state index is -0.567. The molecule has 27 heavy (non-hydrogen) atoms. The van der Waals surface area contributed by atoms with Crippen LogP contribution in [0.5, 0.6) is 17.2 Å². The molecule has 1 saturated carbocycles. The molecule has 0 spiro atoms. The van der Waals surface area contributed by atoms with E-state index in [2.05, 4.69) is 5.32 Å². The van der Waals surface area contributed by atoms with Gasteiger partial charge in [0.25, 0.3) is 0 Å². The summed E-state index contributed by atoms with van der Waals surface area (Å²) in [6.45, 7) is 1.08. The highest BCUT2D eigenvalue weighted by molar-refractivity contribution is 6.32. The van der Waals surface area contributed by atoms with Gasteiger partial charge < -0.3 is 19.5 Å². The second kappa shape index (κ2) is 7.31. The average Bonchev–Trinajstić information content (AvgIpc) is 3.19. The summed E-state index contributed by atoms with van der Waals surface area (Å²) < 4.78 is 16.5. The Kier molecular flexibility index (Phi) is 4.87. The predicted octanol–water partition coefficient (Wildman–Crippen LogP) is 4.57. The van der Waals surface area contributed by atoms with E-state index in [1.54, 1.807) is 25.3 Å². The van der Waals surface area contributed by atoms with E-state index in [0.717, 1.165) is 37.0 Å². The first-order chi connectivity index (χ1) is 13.1. The second-order valence-corrected chi connectivity index (χ2v) is 7.36. The standard InChI is InChI=1S/C21H22ClNO4/c1-25-17-7-5-15(13-16(17)22)23-20(24)21(8-2-3-9-21)14-4-6-18-19(12-14)27-11-10-26-18/h4-7,12-13H,2-3,8-11H2,1H3,(H,23,24). The number of rotatable bonds is 4. The smallest absolute Gasteiger partial charge is 0.235 e. The normalized spacial score (nSPS) is 17.4. The van der Waals surface area contributed by atoms with Crippen molar-refractivity contribution in [2.24, 2.45) is 0 Å². The lowest BCUT2D eigenvalue weighted by Crippen LogP contribution is -2.38. The zero-order chi connectivity index (χ0) is 18.9. The fourth-order valence-corrected chi connectivity index (χ4v) is 4.22. The van der Waals surface area contributed by atoms with Gasteiger partial charge in [0.05, 0.1) is 17.5 Å². The fourth-order valence-electron chi connectivity index (χ4n) is 3.96. The molecule has 1 aliphatic heterocycles. The molecule has 0 bridgehead atoms. The van der Waals surface area contributed by atoms with Crippen LogP contribution < -0.4 is 19.5 Å². The van der Waals surface area contributed by atoms with E-state index in [1.165, 1.54) is 0 Å². The van der Waals surface area contributed by atoms with E-state index in [4.69, 9.17) is 25.8 Å². The Labute approximate surface area is 163 Å². The van der Waals surface area contributed by atoms with Gasteiger partial charge in [0, 0.05) is 5.69 Å². The molecule has 6 heteroatoms. The lowest BCUT2D eigenvalue weighted by molar-refractivity contribution is -0.121. The average molecular weight is 388 g/mol. The molecule has 0 saturated heterocycles. The maximum absolute atomic E-state index is 13.3. The van der Waals surface area contributed by atoms with Gasteiger partial charge in [-0.05, 0) is 48.7 Å². The number of nitrogens with one attached hydrogen (secondary N) is 1. The molecule has 0 atom stereocenters. The summed E-state index contributed by atoms with van der Waals surface area (Å²) in [4.78, 5) is 13.3. The van der Waals surface area contributed by atoms with E-state index in [1.807, 2.05) is 18.2 Å². The Morgan fingerprint density at radius 3 is 2.52 bits per heavy atom. The van der Waals surface area contributed by atoms with Crippen LogP contribution in [0.2, 0.25) is 5.02 Å². The van der Waals surface area contributed by atoms with Gasteiger partial charge >= 0.3 is 0 Å². The predicted molar refractivity (Wildman–Crippen MR) is 104 cm³/mol. The number of fused-ring (bicyclic) bond motifs is 1. The lowest BCUT2D eigenvalue weighted by Gasteiger charge is -2.30. The highest BCUT2D eigenvalue weighted by Gasteiger charge is 2.43. The molecule has 1 heterocycles. The van der Waals surface area contributed by atoms with Crippen molar-refractivity contribution in [1.29, 1.82) is 0 Å². The van der Waals surface area contributed by atoms with Crippen molar-refractivity contribution >= 4 is 23.2 Å². The van der Waals surface area contributed by atoms with Gasteiger partial charge in [0.2, 0.25) is 5.91 Å². The summed E-state index contributed by atoms with van der Waals surface area (Å²) in [7, 11) is 1.56. The van der Waals surface area contributed by atoms with Crippen molar-refractivity contribution in [2.75, 3.05) is 25.6 Å². The number of anilines is 1. The minimum absolute atomic E-state index is 0.0158. The molecule has 0 radical (unpaired) electrons. The van der Waals surface area contributed by atoms with Gasteiger partial charge in [0.15, 0.2) is 11.5 Å². The number of methoxy groups -OCH3 is 1. The first-order valence-electron chi connectivity index (χ1n) is 9.17. The summed E-state index contributed by atoms with van der Waals surface area (Å²) in [6.07, 6.45) is 3.65. The summed E-state index contributed by atoms with van der Waals surface area (Å²) in [6, 6.07) is 11.1. The molecule has 1 N–H and O–H groups in total. The number of amides is 1. The summed E-state index contributed by atoms with van der Waals surface area (Å²) in [5.41, 5.74) is 1.07. The van der Waals surface area contributed by atoms with Crippen molar-refractivity contribution in [3.05, 3.63) is 47.0 Å². The Hall–Kier alpha value is -2.40. The van der Waals surface area contributed by atoms with E-state index >= 15 is 0 Å². The van der Waals surface area contributed by atoms with Crippen LogP contribution in [0, 0.1) is 0 Å². The maximum atomic E-state index is 13.3. The molecular weight excluding hydrogens is 366 g/mol. The minimum Gasteiger partial charge on any atom is -0.495 e. The van der Waals surface area contributed by atoms with Gasteiger partial charge in [-0.1, -0.05) is 30.5 Å². The van der Waals surface area contributed by atoms with Gasteiger partial charge in [-0.2, -0.15) is 0 Å². The molecule has 0 aromatic heterocycles. The molecule has 1 aliphatic carbocycles. The van der Waals surface area contributed by atoms with Crippen molar-refractivity contribution in [3.8, 4) is 17.2 Å². The van der Waals surface area contributed by atoms with E-state index in [-0.39, 0.29) is 5.91 Å². The molecule has 142 valence electrons. The van der Waals surface area contributed by atoms with Crippen LogP contribution in [0.25, 0.3) is 0 Å². The Morgan fingerprint density at radius 1 is 1.07 bits per heavy atom. The number of hydrogen-bond donors (Lipinski definition) is 1. The number of hydrogen-bond acceptors (Lipinski definition) is 4. The van der Waals surface area contributed by atoms with E-state index in [0.29, 0.717) is 35.4 Å². The number of ether oxygens (including phenoxy) is 3. The SMILES string of the molecule is COc1ccc(NC(=O)C2(c3ccc4c(c3)OCCO4)CCCC2)cc1Cl. The highest BCUT2D eigenvalue weighted by Crippen LogP contribution is 2.45. The third-order valence-electron chi connectivity index (χ3n) is 5.40. The van der Waals surface area contributed by atoms with Crippen LogP contribution in [0.3, 0.4) is 0 Å². The van der Waals surface area contributed by atoms with Crippen LogP contribution in [0.15, 0.2) is 36.4 Å². The molecule has 2 aliphatic rings. The zero-order valence-corrected chi connectivity index (χ0v) is 16.0. The number of halogens is 1. The van der Waals surface area contributed by atoms with Crippen LogP contribution in [0.4, 0.5) is 5.69 Å². The Balaban J connectivity index is 1.63. The third-order valence-corrected chi connectivity index (χ3v) is 5.69. The molecule has 1 amide bonds. The molecular formula is C21H22ClNO4. The lowest BCUT2D eigenvalue weighted by atomic mass is 9.77. The topological polar surface area (TPSA) is 56.8 Å². The number of carbonyl (C=O) groups excluding carboxylic acids is 1. The van der Waals surface area contributed by atoms with Gasteiger partial charge in [-0.15, -0.1) is 0 Å². The molecule has 2 aromatic rings. The van der Waals surface area contributed by atoms with Gasteiger partial charge in [0.1, 0.15) is 19.0 Å². The van der Waals surface area contributed by atoms with Crippen molar-refractivity contribution in [1.82, 2.24) is 0 Å². The number of benzene rings is 2. The van der Waals surface area contributed by atoms with Crippen LogP contribution in [0.1, 0.15) is 31.2 Å². The first-order valence-corrected chi connectivity index (χ1v) is 9.55. The molecule has 1 fully saturated rings. The van der Waals surface area contributed by atoms with Crippen LogP contribution >= 0.6 is 11.6 Å². The summed E-state index contributed by atoms with van der Waals surface area (Å²) in [5, 5.41) is 3.51. The van der Waals surface area contributed by atoms with Gasteiger partial charge in [-0.25, -0.2) is 0 Å². The first kappa shape index (κ1) is 18.0. The highest BCUT2D eigenvalue weighted by atomic mass is 35.5. The maximum Gasteiger partial charge on any atom is 0.235 e. The van der Waals surface area contributed by atoms with Crippen molar-refractivity contribution in [3.63, 3.8) is 0 Å². The summed E-state index contributed by atoms with van der Waals surface area (Å²) in [5.74, 6) is 2.01. The zero-order valence-electron chi connectivity index (χ0n) is 15.2. The van der Waals surface area contributed by atoms with E-state index < -0.39 is 5.41 Å². The van der Waals surface area contributed by atoms with Crippen molar-refractivity contribution < 1.29 is 19.0 Å². The fraction of sp³-hybridized carbons (Fsp3) is 0.381. The Bertz CT molecular complexity index is 861. The quantitative estimate of drug-likeness (QED) is 0.834. The van der Waals surface area contributed by atoms with E-state index in [9.17, 15) is 4.79 Å². The summed E-state index contributed by atoms with van der Waals surface area (Å²) >= 11 is 6.20. The molecule has 5 nitrogen and oxygen atoms in total. The molecule has 0 unspecified atom stereocenters. The van der Waals surface area contributed by atoms with Crippen LogP contribution in [-0.4, -0.2) is 26.2 Å². The van der Waals surface area contributed by atoms with Crippen LogP contribution in [-0.2, 0) is 10.2 Å². The molecule has 2 aromatic carbocycles. The third kappa shape index (κ3) is 3.32. The largest absolute Gasteiger partial charge is 0.495 e. The van der Waals surface area contributed by atoms with Crippen molar-refractivity contribution in [2.45, 2.75) is 31.1 Å². The second-order valence-electron chi connectivity index (χ2n) is 6.95. The Morgan fingerprint density at radius 2 is 1.81 bits per heavy atom. The van der Waals surface area contributed by atoms with Gasteiger partial charge in [-0.3, -0.25) is 4.79 Å². The molecule has 4 rings (SSSR count). The number of carbonyl (C=O) groups is 1. The monoisotopic (exact) mass is 387 g/mol.